The maximum Gasteiger partial charge on any atom is 0.126 e. The number of fused-ring (bicyclic) bond motifs is 1. The Morgan fingerprint density at radius 1 is 1.37 bits per heavy atom. The number of aliphatic hydroxyl groups excluding tert-OH is 1. The number of rotatable bonds is 2. The summed E-state index contributed by atoms with van der Waals surface area (Å²) in [6, 6.07) is 10.1. The highest BCUT2D eigenvalue weighted by Crippen LogP contribution is 2.34. The van der Waals surface area contributed by atoms with Gasteiger partial charge in [0.05, 0.1) is 12.1 Å². The topological polar surface area (TPSA) is 45.1 Å². The van der Waals surface area contributed by atoms with Gasteiger partial charge in [0.2, 0.25) is 0 Å². The van der Waals surface area contributed by atoms with Crippen LogP contribution in [0.25, 0.3) is 0 Å². The first kappa shape index (κ1) is 12.6. The highest BCUT2D eigenvalue weighted by molar-refractivity contribution is 9.10. The number of halogens is 1. The van der Waals surface area contributed by atoms with Crippen LogP contribution in [-0.2, 0) is 6.42 Å². The van der Waals surface area contributed by atoms with Crippen LogP contribution >= 0.6 is 15.9 Å². The molecule has 98 valence electrons. The predicted molar refractivity (Wildman–Crippen MR) is 79.2 cm³/mol. The van der Waals surface area contributed by atoms with E-state index in [1.54, 1.807) is 6.20 Å². The smallest absolute Gasteiger partial charge is 0.126 e. The van der Waals surface area contributed by atoms with Gasteiger partial charge in [0.25, 0.3) is 0 Å². The Labute approximate surface area is 120 Å². The van der Waals surface area contributed by atoms with Crippen molar-refractivity contribution in [3.8, 4) is 0 Å². The Hall–Kier alpha value is -1.39. The number of pyridine rings is 1. The Bertz CT molecular complexity index is 615. The van der Waals surface area contributed by atoms with Crippen molar-refractivity contribution in [2.75, 3.05) is 5.32 Å². The van der Waals surface area contributed by atoms with Gasteiger partial charge in [0.1, 0.15) is 5.82 Å². The van der Waals surface area contributed by atoms with E-state index in [1.807, 2.05) is 25.1 Å². The van der Waals surface area contributed by atoms with E-state index < -0.39 is 6.10 Å². The van der Waals surface area contributed by atoms with Crippen LogP contribution in [0.3, 0.4) is 0 Å². The van der Waals surface area contributed by atoms with Gasteiger partial charge in [0.15, 0.2) is 0 Å². The van der Waals surface area contributed by atoms with Crippen LogP contribution in [0, 0.1) is 6.92 Å². The van der Waals surface area contributed by atoms with Gasteiger partial charge in [-0.25, -0.2) is 4.98 Å². The molecule has 0 radical (unpaired) electrons. The lowest BCUT2D eigenvalue weighted by atomic mass is 10.1. The van der Waals surface area contributed by atoms with Crippen molar-refractivity contribution in [3.05, 3.63) is 57.7 Å². The van der Waals surface area contributed by atoms with Crippen LogP contribution in [0.1, 0.15) is 22.7 Å². The van der Waals surface area contributed by atoms with Gasteiger partial charge in [-0.1, -0.05) is 24.3 Å². The lowest BCUT2D eigenvalue weighted by Gasteiger charge is -2.19. The number of hydrogen-bond acceptors (Lipinski definition) is 3. The van der Waals surface area contributed by atoms with E-state index in [9.17, 15) is 5.11 Å². The van der Waals surface area contributed by atoms with E-state index in [2.05, 4.69) is 38.4 Å². The molecule has 0 aliphatic heterocycles. The first-order chi connectivity index (χ1) is 9.15. The van der Waals surface area contributed by atoms with E-state index in [1.165, 1.54) is 5.56 Å². The van der Waals surface area contributed by atoms with Crippen LogP contribution in [0.5, 0.6) is 0 Å². The summed E-state index contributed by atoms with van der Waals surface area (Å²) in [4.78, 5) is 4.34. The van der Waals surface area contributed by atoms with Crippen molar-refractivity contribution in [1.82, 2.24) is 4.98 Å². The predicted octanol–water partition coefficient (Wildman–Crippen LogP) is 3.22. The fraction of sp³-hybridized carbons (Fsp3) is 0.267. The minimum absolute atomic E-state index is 0.0794. The van der Waals surface area contributed by atoms with Crippen LogP contribution in [0.15, 0.2) is 41.0 Å². The average molecular weight is 319 g/mol. The minimum Gasteiger partial charge on any atom is -0.390 e. The summed E-state index contributed by atoms with van der Waals surface area (Å²) in [6.07, 6.45) is 2.08. The monoisotopic (exact) mass is 318 g/mol. The number of nitrogens with one attached hydrogen (secondary N) is 1. The average Bonchev–Trinajstić information content (AvgIpc) is 2.71. The van der Waals surface area contributed by atoms with Crippen molar-refractivity contribution in [3.63, 3.8) is 0 Å². The maximum atomic E-state index is 10.2. The molecule has 3 rings (SSSR count). The number of benzene rings is 1. The standard InChI is InChI=1S/C15H15BrN2O/c1-9-6-14(17-8-12(9)16)18-15-11-5-3-2-4-10(11)7-13(15)19/h2-6,8,13,15,19H,7H2,1H3,(H,17,18)/t13-,15+/m1/s1. The fourth-order valence-corrected chi connectivity index (χ4v) is 2.74. The summed E-state index contributed by atoms with van der Waals surface area (Å²) in [5, 5.41) is 13.5. The van der Waals surface area contributed by atoms with E-state index in [0.29, 0.717) is 6.42 Å². The number of anilines is 1. The molecule has 3 nitrogen and oxygen atoms in total. The molecular weight excluding hydrogens is 304 g/mol. The molecule has 1 aliphatic rings. The van der Waals surface area contributed by atoms with E-state index in [0.717, 1.165) is 21.4 Å². The highest BCUT2D eigenvalue weighted by Gasteiger charge is 2.30. The van der Waals surface area contributed by atoms with Gasteiger partial charge in [0, 0.05) is 17.1 Å². The molecule has 1 aromatic heterocycles. The summed E-state index contributed by atoms with van der Waals surface area (Å²) in [6.45, 7) is 2.02. The van der Waals surface area contributed by atoms with Crippen LogP contribution in [0.2, 0.25) is 0 Å². The Morgan fingerprint density at radius 2 is 2.16 bits per heavy atom. The van der Waals surface area contributed by atoms with Gasteiger partial charge in [-0.05, 0) is 45.6 Å². The lowest BCUT2D eigenvalue weighted by molar-refractivity contribution is 0.165. The number of aliphatic hydroxyl groups is 1. The molecule has 1 aromatic carbocycles. The molecule has 0 saturated carbocycles. The molecular formula is C15H15BrN2O. The van der Waals surface area contributed by atoms with Gasteiger partial charge in [-0.2, -0.15) is 0 Å². The van der Waals surface area contributed by atoms with Crippen molar-refractivity contribution in [1.29, 1.82) is 0 Å². The lowest BCUT2D eigenvalue weighted by Crippen LogP contribution is -2.21. The Balaban J connectivity index is 1.89. The SMILES string of the molecule is Cc1cc(N[C@H]2c3ccccc3C[C@H]2O)ncc1Br. The third-order valence-electron chi connectivity index (χ3n) is 3.55. The molecule has 2 atom stereocenters. The number of nitrogens with zero attached hydrogens (tertiary/aromatic N) is 1. The molecule has 0 unspecified atom stereocenters. The van der Waals surface area contributed by atoms with Gasteiger partial charge in [-0.3, -0.25) is 0 Å². The molecule has 4 heteroatoms. The second-order valence-electron chi connectivity index (χ2n) is 4.91. The van der Waals surface area contributed by atoms with Crippen molar-refractivity contribution >= 4 is 21.7 Å². The van der Waals surface area contributed by atoms with Crippen LogP contribution in [0.4, 0.5) is 5.82 Å². The zero-order valence-electron chi connectivity index (χ0n) is 10.6. The van der Waals surface area contributed by atoms with E-state index in [4.69, 9.17) is 0 Å². The molecule has 2 N–H and O–H groups in total. The zero-order valence-corrected chi connectivity index (χ0v) is 12.2. The molecule has 2 aromatic rings. The third kappa shape index (κ3) is 2.38. The first-order valence-electron chi connectivity index (χ1n) is 6.29. The second-order valence-corrected chi connectivity index (χ2v) is 5.77. The Morgan fingerprint density at radius 3 is 2.95 bits per heavy atom. The van der Waals surface area contributed by atoms with Crippen molar-refractivity contribution < 1.29 is 5.11 Å². The highest BCUT2D eigenvalue weighted by atomic mass is 79.9. The molecule has 19 heavy (non-hydrogen) atoms. The largest absolute Gasteiger partial charge is 0.390 e. The third-order valence-corrected chi connectivity index (χ3v) is 4.38. The van der Waals surface area contributed by atoms with E-state index in [-0.39, 0.29) is 6.04 Å². The molecule has 0 fully saturated rings. The summed E-state index contributed by atoms with van der Waals surface area (Å²) in [5.74, 6) is 0.793. The first-order valence-corrected chi connectivity index (χ1v) is 7.09. The molecule has 0 spiro atoms. The van der Waals surface area contributed by atoms with Crippen molar-refractivity contribution in [2.24, 2.45) is 0 Å². The van der Waals surface area contributed by atoms with Crippen molar-refractivity contribution in [2.45, 2.75) is 25.5 Å². The minimum atomic E-state index is -0.400. The van der Waals surface area contributed by atoms with Gasteiger partial charge >= 0.3 is 0 Å². The maximum absolute atomic E-state index is 10.2. The summed E-state index contributed by atoms with van der Waals surface area (Å²) < 4.78 is 0.991. The molecule has 0 bridgehead atoms. The molecule has 0 amide bonds. The number of aromatic nitrogens is 1. The summed E-state index contributed by atoms with van der Waals surface area (Å²) >= 11 is 3.44. The van der Waals surface area contributed by atoms with Gasteiger partial charge in [-0.15, -0.1) is 0 Å². The number of hydrogen-bond donors (Lipinski definition) is 2. The second kappa shape index (κ2) is 4.94. The van der Waals surface area contributed by atoms with Crippen LogP contribution < -0.4 is 5.32 Å². The zero-order chi connectivity index (χ0) is 13.4. The fourth-order valence-electron chi connectivity index (χ4n) is 2.53. The molecule has 0 saturated heterocycles. The Kier molecular flexibility index (Phi) is 3.29. The normalized spacial score (nSPS) is 21.2. The molecule has 1 heterocycles. The van der Waals surface area contributed by atoms with Gasteiger partial charge < -0.3 is 10.4 Å². The number of aryl methyl sites for hydroxylation is 1. The van der Waals surface area contributed by atoms with Crippen LogP contribution in [-0.4, -0.2) is 16.2 Å². The summed E-state index contributed by atoms with van der Waals surface area (Å²) in [5.41, 5.74) is 3.50. The summed E-state index contributed by atoms with van der Waals surface area (Å²) in [7, 11) is 0. The van der Waals surface area contributed by atoms with E-state index >= 15 is 0 Å². The quantitative estimate of drug-likeness (QED) is 0.893. The molecule has 1 aliphatic carbocycles.